The van der Waals surface area contributed by atoms with Crippen LogP contribution in [-0.2, 0) is 4.74 Å². The lowest BCUT2D eigenvalue weighted by Gasteiger charge is -2.23. The van der Waals surface area contributed by atoms with Crippen LogP contribution in [0.15, 0.2) is 52.4 Å². The van der Waals surface area contributed by atoms with Crippen LogP contribution in [0.2, 0.25) is 0 Å². The minimum Gasteiger partial charge on any atom is -0.496 e. The third kappa shape index (κ3) is 4.20. The molecule has 0 spiro atoms. The van der Waals surface area contributed by atoms with E-state index in [1.807, 2.05) is 0 Å². The van der Waals surface area contributed by atoms with E-state index in [2.05, 4.69) is 58.1 Å². The van der Waals surface area contributed by atoms with E-state index in [1.165, 1.54) is 12.0 Å². The van der Waals surface area contributed by atoms with Crippen molar-refractivity contribution < 1.29 is 4.74 Å². The molecule has 0 radical (unpaired) electrons. The number of ether oxygens (including phenoxy) is 1. The van der Waals surface area contributed by atoms with Crippen molar-refractivity contribution in [3.05, 3.63) is 47.4 Å². The fraction of sp³-hybridized carbons (Fsp3) is 0.526. The van der Waals surface area contributed by atoms with Crippen LogP contribution in [0.3, 0.4) is 0 Å². The normalized spacial score (nSPS) is 30.4. The van der Waals surface area contributed by atoms with Gasteiger partial charge in [0.2, 0.25) is 0 Å². The Hall–Kier alpha value is -1.57. The summed E-state index contributed by atoms with van der Waals surface area (Å²) in [5.41, 5.74) is 3.44. The zero-order valence-electron chi connectivity index (χ0n) is 13.7. The highest BCUT2D eigenvalue weighted by molar-refractivity contribution is 5.94. The Morgan fingerprint density at radius 3 is 2.86 bits per heavy atom. The molecule has 21 heavy (non-hydrogen) atoms. The van der Waals surface area contributed by atoms with Crippen molar-refractivity contribution in [3.63, 3.8) is 0 Å². The van der Waals surface area contributed by atoms with Crippen LogP contribution in [0, 0.1) is 11.8 Å². The van der Waals surface area contributed by atoms with Crippen LogP contribution in [0.25, 0.3) is 0 Å². The molecule has 2 rings (SSSR count). The minimum atomic E-state index is 0.336. The predicted octanol–water partition coefficient (Wildman–Crippen LogP) is 5.20. The molecule has 2 aliphatic rings. The first-order chi connectivity index (χ1) is 10.1. The molecule has 1 heterocycles. The Labute approximate surface area is 129 Å². The second kappa shape index (κ2) is 7.44. The first kappa shape index (κ1) is 15.8. The Balaban J connectivity index is 2.43. The largest absolute Gasteiger partial charge is 0.496 e. The van der Waals surface area contributed by atoms with Crippen molar-refractivity contribution in [2.75, 3.05) is 6.61 Å². The van der Waals surface area contributed by atoms with Gasteiger partial charge in [0.15, 0.2) is 0 Å². The number of hydrogen-bond donors (Lipinski definition) is 0. The van der Waals surface area contributed by atoms with Gasteiger partial charge in [-0.1, -0.05) is 44.6 Å². The number of nitrogens with zero attached hydrogens (tertiary/aromatic N) is 1. The standard InChI is InChI=1S/C19H27NO/c1-5-14(3)12-17-9-7-8-16-11-10-15(4)20-18(13-16)19(17)21-6-2/h7-11,14,17H,5-6,12-13H2,1-4H3/b9-7+,16-8-,19-18-. The number of rotatable bonds is 5. The Morgan fingerprint density at radius 2 is 2.14 bits per heavy atom. The Kier molecular flexibility index (Phi) is 5.60. The topological polar surface area (TPSA) is 21.6 Å². The molecule has 0 aromatic rings. The van der Waals surface area contributed by atoms with Crippen molar-refractivity contribution in [1.82, 2.24) is 0 Å². The minimum absolute atomic E-state index is 0.336. The summed E-state index contributed by atoms with van der Waals surface area (Å²) in [6.45, 7) is 9.37. The molecule has 0 saturated carbocycles. The molecule has 2 heteroatoms. The van der Waals surface area contributed by atoms with Crippen LogP contribution in [0.5, 0.6) is 0 Å². The van der Waals surface area contributed by atoms with Crippen LogP contribution < -0.4 is 0 Å². The van der Waals surface area contributed by atoms with E-state index < -0.39 is 0 Å². The first-order valence-corrected chi connectivity index (χ1v) is 8.10. The molecular weight excluding hydrogens is 258 g/mol. The van der Waals surface area contributed by atoms with E-state index in [-0.39, 0.29) is 0 Å². The molecule has 0 amide bonds. The van der Waals surface area contributed by atoms with Crippen molar-refractivity contribution in [1.29, 1.82) is 0 Å². The van der Waals surface area contributed by atoms with Gasteiger partial charge in [-0.2, -0.15) is 0 Å². The van der Waals surface area contributed by atoms with Gasteiger partial charge < -0.3 is 4.74 Å². The summed E-state index contributed by atoms with van der Waals surface area (Å²) in [6, 6.07) is 0. The highest BCUT2D eigenvalue weighted by atomic mass is 16.5. The molecule has 0 aromatic heterocycles. The van der Waals surface area contributed by atoms with Gasteiger partial charge in [0, 0.05) is 18.1 Å². The first-order valence-electron chi connectivity index (χ1n) is 8.10. The van der Waals surface area contributed by atoms with Crippen LogP contribution in [0.4, 0.5) is 0 Å². The van der Waals surface area contributed by atoms with Crippen LogP contribution in [-0.4, -0.2) is 12.3 Å². The summed E-state index contributed by atoms with van der Waals surface area (Å²) >= 11 is 0. The SMILES string of the molecule is CCO/C1=C2/C/C(=C\C=C\C1CC(C)CC)C=CC(C)=N2. The molecule has 2 bridgehead atoms. The van der Waals surface area contributed by atoms with Gasteiger partial charge >= 0.3 is 0 Å². The molecule has 2 atom stereocenters. The van der Waals surface area contributed by atoms with Crippen LogP contribution in [0.1, 0.15) is 47.0 Å². The third-order valence-electron chi connectivity index (χ3n) is 4.15. The lowest BCUT2D eigenvalue weighted by atomic mass is 9.89. The monoisotopic (exact) mass is 285 g/mol. The van der Waals surface area contributed by atoms with Crippen molar-refractivity contribution in [2.45, 2.75) is 47.0 Å². The Bertz CT molecular complexity index is 520. The van der Waals surface area contributed by atoms with Crippen molar-refractivity contribution in [3.8, 4) is 0 Å². The van der Waals surface area contributed by atoms with Crippen LogP contribution >= 0.6 is 0 Å². The Morgan fingerprint density at radius 1 is 1.33 bits per heavy atom. The maximum Gasteiger partial charge on any atom is 0.125 e. The van der Waals surface area contributed by atoms with Gasteiger partial charge in [-0.15, -0.1) is 0 Å². The lowest BCUT2D eigenvalue weighted by Crippen LogP contribution is -2.13. The van der Waals surface area contributed by atoms with Crippen molar-refractivity contribution >= 4 is 5.71 Å². The van der Waals surface area contributed by atoms with Crippen molar-refractivity contribution in [2.24, 2.45) is 16.8 Å². The molecule has 0 N–H and O–H groups in total. The molecular formula is C19H27NO. The molecule has 114 valence electrons. The van der Waals surface area contributed by atoms with Gasteiger partial charge in [0.1, 0.15) is 5.76 Å². The van der Waals surface area contributed by atoms with E-state index in [1.54, 1.807) is 0 Å². The maximum atomic E-state index is 6.03. The number of fused-ring (bicyclic) bond motifs is 2. The van der Waals surface area contributed by atoms with E-state index >= 15 is 0 Å². The quantitative estimate of drug-likeness (QED) is 0.680. The molecule has 0 saturated heterocycles. The zero-order chi connectivity index (χ0) is 15.2. The predicted molar refractivity (Wildman–Crippen MR) is 90.3 cm³/mol. The summed E-state index contributed by atoms with van der Waals surface area (Å²) in [4.78, 5) is 4.79. The fourth-order valence-corrected chi connectivity index (χ4v) is 2.77. The van der Waals surface area contributed by atoms with E-state index in [0.717, 1.165) is 30.0 Å². The van der Waals surface area contributed by atoms with Gasteiger partial charge in [-0.25, -0.2) is 0 Å². The van der Waals surface area contributed by atoms with Gasteiger partial charge in [-0.3, -0.25) is 4.99 Å². The zero-order valence-corrected chi connectivity index (χ0v) is 13.7. The highest BCUT2D eigenvalue weighted by Gasteiger charge is 2.22. The molecule has 0 aromatic carbocycles. The summed E-state index contributed by atoms with van der Waals surface area (Å²) in [6.07, 6.45) is 14.1. The van der Waals surface area contributed by atoms with E-state index in [0.29, 0.717) is 18.4 Å². The van der Waals surface area contributed by atoms with E-state index in [4.69, 9.17) is 9.73 Å². The molecule has 2 nitrogen and oxygen atoms in total. The molecule has 2 unspecified atom stereocenters. The summed E-state index contributed by atoms with van der Waals surface area (Å²) < 4.78 is 6.03. The summed E-state index contributed by atoms with van der Waals surface area (Å²) in [5, 5.41) is 0. The average molecular weight is 285 g/mol. The smallest absolute Gasteiger partial charge is 0.125 e. The number of hydrogen-bond acceptors (Lipinski definition) is 2. The van der Waals surface area contributed by atoms with E-state index in [9.17, 15) is 0 Å². The number of allylic oxidation sites excluding steroid dienone is 6. The number of aliphatic imine (C=N–C) groups is 1. The van der Waals surface area contributed by atoms with Gasteiger partial charge in [0.05, 0.1) is 12.3 Å². The maximum absolute atomic E-state index is 6.03. The molecule has 1 aliphatic carbocycles. The van der Waals surface area contributed by atoms with Gasteiger partial charge in [-0.05, 0) is 37.8 Å². The molecule has 0 fully saturated rings. The molecule has 1 aliphatic heterocycles. The lowest BCUT2D eigenvalue weighted by molar-refractivity contribution is 0.188. The fourth-order valence-electron chi connectivity index (χ4n) is 2.77. The second-order valence-corrected chi connectivity index (χ2v) is 5.99. The average Bonchev–Trinajstić information content (AvgIpc) is 2.65. The van der Waals surface area contributed by atoms with Gasteiger partial charge in [0.25, 0.3) is 0 Å². The second-order valence-electron chi connectivity index (χ2n) is 5.99. The third-order valence-corrected chi connectivity index (χ3v) is 4.15. The highest BCUT2D eigenvalue weighted by Crippen LogP contribution is 2.32. The summed E-state index contributed by atoms with van der Waals surface area (Å²) in [7, 11) is 0. The summed E-state index contributed by atoms with van der Waals surface area (Å²) in [5.74, 6) is 2.10.